The van der Waals surface area contributed by atoms with Crippen LogP contribution in [-0.2, 0) is 0 Å². The zero-order valence-electron chi connectivity index (χ0n) is 9.94. The van der Waals surface area contributed by atoms with Gasteiger partial charge in [-0.2, -0.15) is 5.26 Å². The molecule has 2 rings (SSSR count). The average molecular weight is 243 g/mol. The van der Waals surface area contributed by atoms with E-state index in [9.17, 15) is 4.39 Å². The van der Waals surface area contributed by atoms with Gasteiger partial charge in [0.15, 0.2) is 0 Å². The minimum atomic E-state index is -0.539. The van der Waals surface area contributed by atoms with E-state index in [4.69, 9.17) is 10.00 Å². The number of rotatable bonds is 2. The average Bonchev–Trinajstić information content (AvgIpc) is 2.38. The first-order chi connectivity index (χ1) is 8.65. The summed E-state index contributed by atoms with van der Waals surface area (Å²) in [6.07, 6.45) is 3.10. The maximum Gasteiger partial charge on any atom is 0.316 e. The number of methoxy groups -OCH3 is 1. The third kappa shape index (κ3) is 2.13. The summed E-state index contributed by atoms with van der Waals surface area (Å²) in [5.74, 6) is -0.539. The van der Waals surface area contributed by atoms with Gasteiger partial charge in [0, 0.05) is 18.0 Å². The van der Waals surface area contributed by atoms with Gasteiger partial charge in [-0.15, -0.1) is 0 Å². The molecule has 0 unspecified atom stereocenters. The lowest BCUT2D eigenvalue weighted by Gasteiger charge is -2.05. The van der Waals surface area contributed by atoms with E-state index >= 15 is 0 Å². The highest BCUT2D eigenvalue weighted by molar-refractivity contribution is 5.64. The molecular formula is C13H10FN3O. The van der Waals surface area contributed by atoms with Crippen LogP contribution >= 0.6 is 0 Å². The summed E-state index contributed by atoms with van der Waals surface area (Å²) in [6, 6.07) is 5.12. The molecule has 1 aromatic carbocycles. The topological polar surface area (TPSA) is 58.8 Å². The lowest BCUT2D eigenvalue weighted by molar-refractivity contribution is 0.380. The van der Waals surface area contributed by atoms with E-state index in [0.717, 1.165) is 0 Å². The summed E-state index contributed by atoms with van der Waals surface area (Å²) >= 11 is 0. The van der Waals surface area contributed by atoms with E-state index in [2.05, 4.69) is 9.97 Å². The fourth-order valence-electron chi connectivity index (χ4n) is 1.62. The Hall–Kier alpha value is -2.48. The molecule has 0 saturated heterocycles. The van der Waals surface area contributed by atoms with Crippen LogP contribution in [0.4, 0.5) is 4.39 Å². The number of hydrogen-bond acceptors (Lipinski definition) is 4. The molecule has 0 aliphatic heterocycles. The van der Waals surface area contributed by atoms with Gasteiger partial charge >= 0.3 is 6.01 Å². The monoisotopic (exact) mass is 243 g/mol. The second-order valence-corrected chi connectivity index (χ2v) is 3.72. The van der Waals surface area contributed by atoms with Gasteiger partial charge in [-0.3, -0.25) is 0 Å². The van der Waals surface area contributed by atoms with Crippen LogP contribution in [0, 0.1) is 24.1 Å². The van der Waals surface area contributed by atoms with Crippen LogP contribution in [0.15, 0.2) is 24.5 Å². The van der Waals surface area contributed by atoms with E-state index in [1.807, 2.05) is 6.07 Å². The Kier molecular flexibility index (Phi) is 3.20. The van der Waals surface area contributed by atoms with Crippen LogP contribution in [0.2, 0.25) is 0 Å². The Morgan fingerprint density at radius 1 is 1.22 bits per heavy atom. The second kappa shape index (κ2) is 4.80. The molecule has 1 heterocycles. The maximum atomic E-state index is 13.7. The van der Waals surface area contributed by atoms with Crippen LogP contribution in [0.5, 0.6) is 6.01 Å². The molecule has 0 bridgehead atoms. The summed E-state index contributed by atoms with van der Waals surface area (Å²) < 4.78 is 18.5. The molecular weight excluding hydrogens is 233 g/mol. The third-order valence-corrected chi connectivity index (χ3v) is 2.54. The number of nitriles is 1. The molecule has 0 saturated carbocycles. The van der Waals surface area contributed by atoms with E-state index in [1.165, 1.54) is 13.2 Å². The molecule has 18 heavy (non-hydrogen) atoms. The number of hydrogen-bond donors (Lipinski definition) is 0. The zero-order valence-corrected chi connectivity index (χ0v) is 9.94. The summed E-state index contributed by atoms with van der Waals surface area (Å²) in [5, 5.41) is 8.80. The van der Waals surface area contributed by atoms with Gasteiger partial charge in [0.2, 0.25) is 0 Å². The predicted octanol–water partition coefficient (Wildman–Crippen LogP) is 2.47. The van der Waals surface area contributed by atoms with Crippen LogP contribution < -0.4 is 4.74 Å². The van der Waals surface area contributed by atoms with Gasteiger partial charge in [-0.05, 0) is 30.2 Å². The van der Waals surface area contributed by atoms with E-state index in [-0.39, 0.29) is 11.6 Å². The Morgan fingerprint density at radius 2 is 1.89 bits per heavy atom. The van der Waals surface area contributed by atoms with Crippen LogP contribution in [0.1, 0.15) is 11.1 Å². The molecule has 1 aromatic heterocycles. The standard InChI is InChI=1S/C13H10FN3O/c1-8-3-9(4-12(14)11(8)5-15)10-6-16-13(18-2)17-7-10/h3-4,6-7H,1-2H3. The van der Waals surface area contributed by atoms with Crippen molar-refractivity contribution in [1.82, 2.24) is 9.97 Å². The fourth-order valence-corrected chi connectivity index (χ4v) is 1.62. The Bertz CT molecular complexity index is 594. The highest BCUT2D eigenvalue weighted by atomic mass is 19.1. The van der Waals surface area contributed by atoms with Crippen molar-refractivity contribution in [1.29, 1.82) is 5.26 Å². The van der Waals surface area contributed by atoms with E-state index in [1.54, 1.807) is 25.4 Å². The Morgan fingerprint density at radius 3 is 2.39 bits per heavy atom. The van der Waals surface area contributed by atoms with Crippen molar-refractivity contribution >= 4 is 0 Å². The van der Waals surface area contributed by atoms with Crippen LogP contribution in [0.25, 0.3) is 11.1 Å². The van der Waals surface area contributed by atoms with Crippen molar-refractivity contribution in [3.8, 4) is 23.2 Å². The summed E-state index contributed by atoms with van der Waals surface area (Å²) in [4.78, 5) is 7.91. The molecule has 0 fully saturated rings. The molecule has 2 aromatic rings. The molecule has 90 valence electrons. The second-order valence-electron chi connectivity index (χ2n) is 3.72. The number of benzene rings is 1. The molecule has 5 heteroatoms. The van der Waals surface area contributed by atoms with Crippen molar-refractivity contribution in [2.45, 2.75) is 6.92 Å². The van der Waals surface area contributed by atoms with Crippen LogP contribution in [0.3, 0.4) is 0 Å². The van der Waals surface area contributed by atoms with Gasteiger partial charge in [-0.1, -0.05) is 0 Å². The van der Waals surface area contributed by atoms with Crippen molar-refractivity contribution in [2.24, 2.45) is 0 Å². The summed E-state index contributed by atoms with van der Waals surface area (Å²) in [7, 11) is 1.47. The SMILES string of the molecule is COc1ncc(-c2cc(C)c(C#N)c(F)c2)cn1. The van der Waals surface area contributed by atoms with E-state index < -0.39 is 5.82 Å². The smallest absolute Gasteiger partial charge is 0.316 e. The lowest BCUT2D eigenvalue weighted by Crippen LogP contribution is -1.94. The number of aromatic nitrogens is 2. The molecule has 0 aliphatic carbocycles. The molecule has 4 nitrogen and oxygen atoms in total. The first kappa shape index (κ1) is 12.0. The van der Waals surface area contributed by atoms with Gasteiger partial charge in [-0.25, -0.2) is 14.4 Å². The summed E-state index contributed by atoms with van der Waals surface area (Å²) in [6.45, 7) is 1.69. The molecule has 0 amide bonds. The predicted molar refractivity (Wildman–Crippen MR) is 63.4 cm³/mol. The number of aryl methyl sites for hydroxylation is 1. The quantitative estimate of drug-likeness (QED) is 0.813. The van der Waals surface area contributed by atoms with Crippen molar-refractivity contribution < 1.29 is 9.13 Å². The molecule has 0 atom stereocenters. The van der Waals surface area contributed by atoms with Crippen molar-refractivity contribution in [2.75, 3.05) is 7.11 Å². The van der Waals surface area contributed by atoms with Gasteiger partial charge in [0.1, 0.15) is 11.9 Å². The first-order valence-electron chi connectivity index (χ1n) is 5.22. The number of nitrogens with zero attached hydrogens (tertiary/aromatic N) is 3. The zero-order chi connectivity index (χ0) is 13.1. The molecule has 0 N–H and O–H groups in total. The van der Waals surface area contributed by atoms with Crippen molar-refractivity contribution in [3.05, 3.63) is 41.5 Å². The Balaban J connectivity index is 2.48. The highest BCUT2D eigenvalue weighted by Crippen LogP contribution is 2.24. The highest BCUT2D eigenvalue weighted by Gasteiger charge is 2.09. The largest absolute Gasteiger partial charge is 0.467 e. The minimum absolute atomic E-state index is 0.0631. The fraction of sp³-hybridized carbons (Fsp3) is 0.154. The molecule has 0 aliphatic rings. The Labute approximate surface area is 104 Å². The number of halogens is 1. The number of ether oxygens (including phenoxy) is 1. The first-order valence-corrected chi connectivity index (χ1v) is 5.22. The third-order valence-electron chi connectivity index (χ3n) is 2.54. The van der Waals surface area contributed by atoms with Gasteiger partial charge < -0.3 is 4.74 Å². The van der Waals surface area contributed by atoms with Crippen molar-refractivity contribution in [3.63, 3.8) is 0 Å². The molecule has 0 spiro atoms. The van der Waals surface area contributed by atoms with Gasteiger partial charge in [0.05, 0.1) is 12.7 Å². The molecule has 0 radical (unpaired) electrons. The maximum absolute atomic E-state index is 13.7. The normalized spacial score (nSPS) is 9.89. The summed E-state index contributed by atoms with van der Waals surface area (Å²) in [5.41, 5.74) is 1.95. The lowest BCUT2D eigenvalue weighted by atomic mass is 10.0. The minimum Gasteiger partial charge on any atom is -0.467 e. The van der Waals surface area contributed by atoms with Crippen LogP contribution in [-0.4, -0.2) is 17.1 Å². The van der Waals surface area contributed by atoms with Gasteiger partial charge in [0.25, 0.3) is 0 Å². The van der Waals surface area contributed by atoms with E-state index in [0.29, 0.717) is 16.7 Å².